The third kappa shape index (κ3) is 4.04. The summed E-state index contributed by atoms with van der Waals surface area (Å²) >= 11 is 0. The van der Waals surface area contributed by atoms with Gasteiger partial charge in [0.05, 0.1) is 12.2 Å². The fraction of sp³-hybridized carbons (Fsp3) is 1.00. The number of hydrogen-bond donors (Lipinski definition) is 1. The molecule has 0 aromatic rings. The van der Waals surface area contributed by atoms with Gasteiger partial charge in [0.1, 0.15) is 0 Å². The lowest BCUT2D eigenvalue weighted by molar-refractivity contribution is -0.0709. The molecule has 0 saturated carbocycles. The van der Waals surface area contributed by atoms with E-state index in [-0.39, 0.29) is 0 Å². The summed E-state index contributed by atoms with van der Waals surface area (Å²) in [7, 11) is 2.07. The summed E-state index contributed by atoms with van der Waals surface area (Å²) in [6.45, 7) is 12.2. The molecule has 96 valence electrons. The minimum Gasteiger partial charge on any atom is -0.373 e. The van der Waals surface area contributed by atoms with Gasteiger partial charge in [0.25, 0.3) is 0 Å². The standard InChI is InChI=1S/C13H28N2O/c1-6-10(2)13(14-5)9-15-7-11(3)16-12(4)8-15/h10-14H,6-9H2,1-5H3. The van der Waals surface area contributed by atoms with Crippen LogP contribution in [0.25, 0.3) is 0 Å². The highest BCUT2D eigenvalue weighted by molar-refractivity contribution is 4.80. The smallest absolute Gasteiger partial charge is 0.0678 e. The van der Waals surface area contributed by atoms with Crippen LogP contribution in [-0.4, -0.2) is 49.8 Å². The fourth-order valence-corrected chi connectivity index (χ4v) is 2.55. The Kier molecular flexibility index (Phi) is 5.73. The second-order valence-electron chi connectivity index (χ2n) is 5.26. The van der Waals surface area contributed by atoms with E-state index in [0.29, 0.717) is 18.2 Å². The Labute approximate surface area is 101 Å². The molecule has 1 fully saturated rings. The lowest BCUT2D eigenvalue weighted by Crippen LogP contribution is -2.51. The van der Waals surface area contributed by atoms with Gasteiger partial charge in [-0.1, -0.05) is 20.3 Å². The minimum absolute atomic E-state index is 0.373. The van der Waals surface area contributed by atoms with E-state index in [0.717, 1.165) is 25.6 Å². The zero-order valence-electron chi connectivity index (χ0n) is 11.5. The number of likely N-dealkylation sites (N-methyl/N-ethyl adjacent to an activating group) is 1. The van der Waals surface area contributed by atoms with Gasteiger partial charge in [-0.25, -0.2) is 0 Å². The van der Waals surface area contributed by atoms with Gasteiger partial charge < -0.3 is 10.1 Å². The molecule has 4 atom stereocenters. The van der Waals surface area contributed by atoms with Gasteiger partial charge in [-0.3, -0.25) is 4.90 Å². The molecular weight excluding hydrogens is 200 g/mol. The van der Waals surface area contributed by atoms with Crippen molar-refractivity contribution in [3.05, 3.63) is 0 Å². The predicted molar refractivity (Wildman–Crippen MR) is 68.8 cm³/mol. The molecule has 16 heavy (non-hydrogen) atoms. The van der Waals surface area contributed by atoms with Crippen LogP contribution < -0.4 is 5.32 Å². The van der Waals surface area contributed by atoms with Gasteiger partial charge >= 0.3 is 0 Å². The maximum Gasteiger partial charge on any atom is 0.0678 e. The van der Waals surface area contributed by atoms with Gasteiger partial charge in [-0.2, -0.15) is 0 Å². The normalized spacial score (nSPS) is 31.3. The largest absolute Gasteiger partial charge is 0.373 e. The molecule has 1 heterocycles. The summed E-state index contributed by atoms with van der Waals surface area (Å²) in [5.41, 5.74) is 0. The van der Waals surface area contributed by atoms with Crippen molar-refractivity contribution in [1.82, 2.24) is 10.2 Å². The zero-order chi connectivity index (χ0) is 12.1. The molecule has 1 aliphatic heterocycles. The summed E-state index contributed by atoms with van der Waals surface area (Å²) < 4.78 is 5.76. The van der Waals surface area contributed by atoms with Crippen molar-refractivity contribution >= 4 is 0 Å². The molecule has 1 rings (SSSR count). The Morgan fingerprint density at radius 2 is 1.88 bits per heavy atom. The third-order valence-electron chi connectivity index (χ3n) is 3.65. The summed E-state index contributed by atoms with van der Waals surface area (Å²) in [4.78, 5) is 2.53. The second kappa shape index (κ2) is 6.58. The van der Waals surface area contributed by atoms with Crippen LogP contribution in [0.3, 0.4) is 0 Å². The molecule has 3 nitrogen and oxygen atoms in total. The summed E-state index contributed by atoms with van der Waals surface area (Å²) in [6.07, 6.45) is 1.98. The monoisotopic (exact) mass is 228 g/mol. The Balaban J connectivity index is 2.44. The molecule has 3 heteroatoms. The first-order valence-electron chi connectivity index (χ1n) is 6.61. The number of rotatable bonds is 5. The van der Waals surface area contributed by atoms with Crippen LogP contribution in [0, 0.1) is 5.92 Å². The number of morpholine rings is 1. The molecule has 0 aromatic heterocycles. The lowest BCUT2D eigenvalue weighted by Gasteiger charge is -2.38. The predicted octanol–water partition coefficient (Wildman–Crippen LogP) is 1.73. The Bertz CT molecular complexity index is 188. The van der Waals surface area contributed by atoms with Gasteiger partial charge in [0.2, 0.25) is 0 Å². The Hall–Kier alpha value is -0.120. The maximum absolute atomic E-state index is 5.76. The highest BCUT2D eigenvalue weighted by atomic mass is 16.5. The van der Waals surface area contributed by atoms with Gasteiger partial charge in [-0.15, -0.1) is 0 Å². The zero-order valence-corrected chi connectivity index (χ0v) is 11.5. The van der Waals surface area contributed by atoms with Gasteiger partial charge in [0, 0.05) is 25.7 Å². The second-order valence-corrected chi connectivity index (χ2v) is 5.26. The van der Waals surface area contributed by atoms with Crippen molar-refractivity contribution in [3.63, 3.8) is 0 Å². The highest BCUT2D eigenvalue weighted by Crippen LogP contribution is 2.14. The molecule has 0 aliphatic carbocycles. The van der Waals surface area contributed by atoms with E-state index in [1.807, 2.05) is 0 Å². The van der Waals surface area contributed by atoms with E-state index in [1.165, 1.54) is 6.42 Å². The molecule has 1 aliphatic rings. The number of ether oxygens (including phenoxy) is 1. The first kappa shape index (κ1) is 13.9. The van der Waals surface area contributed by atoms with E-state index in [4.69, 9.17) is 4.74 Å². The average Bonchev–Trinajstić information content (AvgIpc) is 2.23. The average molecular weight is 228 g/mol. The molecule has 0 spiro atoms. The number of nitrogens with one attached hydrogen (secondary N) is 1. The fourth-order valence-electron chi connectivity index (χ4n) is 2.55. The van der Waals surface area contributed by atoms with Gasteiger partial charge in [0.15, 0.2) is 0 Å². The topological polar surface area (TPSA) is 24.5 Å². The van der Waals surface area contributed by atoms with Crippen molar-refractivity contribution in [3.8, 4) is 0 Å². The van der Waals surface area contributed by atoms with Crippen molar-refractivity contribution in [2.75, 3.05) is 26.7 Å². The lowest BCUT2D eigenvalue weighted by atomic mass is 9.98. The van der Waals surface area contributed by atoms with E-state index < -0.39 is 0 Å². The molecule has 4 unspecified atom stereocenters. The third-order valence-corrected chi connectivity index (χ3v) is 3.65. The van der Waals surface area contributed by atoms with Crippen molar-refractivity contribution in [2.45, 2.75) is 52.4 Å². The van der Waals surface area contributed by atoms with Crippen molar-refractivity contribution in [2.24, 2.45) is 5.92 Å². The van der Waals surface area contributed by atoms with E-state index in [9.17, 15) is 0 Å². The van der Waals surface area contributed by atoms with Crippen LogP contribution in [0.5, 0.6) is 0 Å². The van der Waals surface area contributed by atoms with Crippen LogP contribution in [-0.2, 0) is 4.74 Å². The molecule has 0 amide bonds. The highest BCUT2D eigenvalue weighted by Gasteiger charge is 2.25. The minimum atomic E-state index is 0.373. The maximum atomic E-state index is 5.76. The quantitative estimate of drug-likeness (QED) is 0.775. The van der Waals surface area contributed by atoms with Crippen LogP contribution in [0.4, 0.5) is 0 Å². The van der Waals surface area contributed by atoms with Crippen LogP contribution in [0.15, 0.2) is 0 Å². The van der Waals surface area contributed by atoms with E-state index in [1.54, 1.807) is 0 Å². The molecule has 1 saturated heterocycles. The van der Waals surface area contributed by atoms with Crippen LogP contribution in [0.2, 0.25) is 0 Å². The molecular formula is C13H28N2O. The molecule has 0 radical (unpaired) electrons. The van der Waals surface area contributed by atoms with Crippen LogP contribution in [0.1, 0.15) is 34.1 Å². The Morgan fingerprint density at radius 1 is 1.31 bits per heavy atom. The summed E-state index contributed by atoms with van der Waals surface area (Å²) in [5, 5.41) is 3.45. The van der Waals surface area contributed by atoms with Crippen LogP contribution >= 0.6 is 0 Å². The molecule has 1 N–H and O–H groups in total. The SMILES string of the molecule is CCC(C)C(CN1CC(C)OC(C)C1)NC. The number of hydrogen-bond acceptors (Lipinski definition) is 3. The first-order valence-corrected chi connectivity index (χ1v) is 6.61. The van der Waals surface area contributed by atoms with E-state index in [2.05, 4.69) is 45.0 Å². The van der Waals surface area contributed by atoms with Crippen molar-refractivity contribution in [1.29, 1.82) is 0 Å². The Morgan fingerprint density at radius 3 is 2.31 bits per heavy atom. The van der Waals surface area contributed by atoms with E-state index >= 15 is 0 Å². The van der Waals surface area contributed by atoms with Crippen molar-refractivity contribution < 1.29 is 4.74 Å². The molecule has 0 bridgehead atoms. The first-order chi connectivity index (χ1) is 7.56. The van der Waals surface area contributed by atoms with Gasteiger partial charge in [-0.05, 0) is 26.8 Å². The summed E-state index contributed by atoms with van der Waals surface area (Å²) in [5.74, 6) is 0.735. The number of nitrogens with zero attached hydrogens (tertiary/aromatic N) is 1. The molecule has 0 aromatic carbocycles. The summed E-state index contributed by atoms with van der Waals surface area (Å²) in [6, 6.07) is 0.600.